The second kappa shape index (κ2) is 7.45. The van der Waals surface area contributed by atoms with Crippen molar-refractivity contribution in [2.45, 2.75) is 0 Å². The molecule has 0 unspecified atom stereocenters. The second-order valence-corrected chi connectivity index (χ2v) is 5.67. The van der Waals surface area contributed by atoms with E-state index in [0.29, 0.717) is 11.5 Å². The van der Waals surface area contributed by atoms with Crippen LogP contribution in [0.1, 0.15) is 0 Å². The lowest BCUT2D eigenvalue weighted by molar-refractivity contribution is 0.379. The van der Waals surface area contributed by atoms with Crippen LogP contribution in [0.3, 0.4) is 0 Å². The fourth-order valence-electron chi connectivity index (χ4n) is 1.69. The molecule has 0 N–H and O–H groups in total. The predicted molar refractivity (Wildman–Crippen MR) is 84.0 cm³/mol. The molecule has 0 aromatic heterocycles. The van der Waals surface area contributed by atoms with Crippen molar-refractivity contribution in [1.29, 1.82) is 0 Å². The number of hydrogen-bond acceptors (Lipinski definition) is 5. The Morgan fingerprint density at radius 2 is 1.35 bits per heavy atom. The summed E-state index contributed by atoms with van der Waals surface area (Å²) in [5, 5.41) is 0. The quantitative estimate of drug-likeness (QED) is 0.319. The summed E-state index contributed by atoms with van der Waals surface area (Å²) >= 11 is 0. The number of azide groups is 1. The molecule has 0 aliphatic heterocycles. The highest BCUT2D eigenvalue weighted by atomic mass is 31.2. The van der Waals surface area contributed by atoms with Gasteiger partial charge in [-0.2, -0.15) is 0 Å². The number of nitrogens with zero attached hydrogens (tertiary/aromatic N) is 3. The van der Waals surface area contributed by atoms with E-state index in [0.717, 1.165) is 0 Å². The maximum Gasteiger partial charge on any atom is 0.525 e. The number of benzene rings is 2. The average Bonchev–Trinajstić information content (AvgIpc) is 2.55. The highest BCUT2D eigenvalue weighted by Gasteiger charge is 2.27. The maximum atomic E-state index is 12.6. The lowest BCUT2D eigenvalue weighted by Gasteiger charge is -2.16. The van der Waals surface area contributed by atoms with Gasteiger partial charge in [-0.3, -0.25) is 0 Å². The Morgan fingerprint density at radius 1 is 0.913 bits per heavy atom. The van der Waals surface area contributed by atoms with E-state index in [-0.39, 0.29) is 11.5 Å². The summed E-state index contributed by atoms with van der Waals surface area (Å²) in [4.78, 5) is 5.70. The largest absolute Gasteiger partial charge is 0.525 e. The number of rotatable bonds is 7. The van der Waals surface area contributed by atoms with Crippen molar-refractivity contribution in [3.63, 3.8) is 0 Å². The van der Waals surface area contributed by atoms with E-state index >= 15 is 0 Å². The van der Waals surface area contributed by atoms with Crippen molar-refractivity contribution in [3.8, 4) is 23.0 Å². The molecule has 0 aliphatic rings. The van der Waals surface area contributed by atoms with Gasteiger partial charge in [0.05, 0.1) is 14.2 Å². The van der Waals surface area contributed by atoms with Crippen LogP contribution in [0, 0.1) is 0 Å². The summed E-state index contributed by atoms with van der Waals surface area (Å²) in [6.45, 7) is 0. The Morgan fingerprint density at radius 3 is 1.74 bits per heavy atom. The molecular weight excluding hydrogens is 321 g/mol. The standard InChI is InChI=1S/C14H14N3O5P/c1-19-11-5-3-7-13(9-11)21-23(18,17-16-15)22-14-8-4-6-12(10-14)20-2/h3-10H,1-2H3. The van der Waals surface area contributed by atoms with Crippen molar-refractivity contribution in [1.82, 2.24) is 0 Å². The molecule has 0 amide bonds. The molecule has 0 radical (unpaired) electrons. The molecule has 0 saturated carbocycles. The minimum atomic E-state index is -4.13. The molecule has 0 bridgehead atoms. The molecule has 0 aliphatic carbocycles. The minimum absolute atomic E-state index is 0.183. The highest BCUT2D eigenvalue weighted by molar-refractivity contribution is 7.53. The van der Waals surface area contributed by atoms with Crippen LogP contribution in [0.25, 0.3) is 10.4 Å². The van der Waals surface area contributed by atoms with Gasteiger partial charge in [0.25, 0.3) is 0 Å². The Labute approximate surface area is 132 Å². The third-order valence-corrected chi connectivity index (χ3v) is 3.86. The van der Waals surface area contributed by atoms with E-state index in [2.05, 4.69) is 9.80 Å². The van der Waals surface area contributed by atoms with Gasteiger partial charge >= 0.3 is 7.75 Å². The summed E-state index contributed by atoms with van der Waals surface area (Å²) in [6.07, 6.45) is 0. The first-order valence-corrected chi connectivity index (χ1v) is 7.92. The van der Waals surface area contributed by atoms with Crippen molar-refractivity contribution < 1.29 is 23.1 Å². The van der Waals surface area contributed by atoms with Gasteiger partial charge in [0.15, 0.2) is 0 Å². The topological polar surface area (TPSA) is 103 Å². The summed E-state index contributed by atoms with van der Waals surface area (Å²) in [5.74, 6) is 1.36. The van der Waals surface area contributed by atoms with Crippen LogP contribution in [0.2, 0.25) is 0 Å². The fraction of sp³-hybridized carbons (Fsp3) is 0.143. The molecule has 2 rings (SSSR count). The van der Waals surface area contributed by atoms with Gasteiger partial charge in [0.2, 0.25) is 0 Å². The normalized spacial score (nSPS) is 10.3. The van der Waals surface area contributed by atoms with Crippen molar-refractivity contribution in [2.75, 3.05) is 14.2 Å². The predicted octanol–water partition coefficient (Wildman–Crippen LogP) is 4.58. The number of hydrogen-bond donors (Lipinski definition) is 0. The Hall–Kier alpha value is -2.82. The lowest BCUT2D eigenvalue weighted by Crippen LogP contribution is -1.98. The van der Waals surface area contributed by atoms with E-state index in [9.17, 15) is 4.57 Å². The molecule has 0 heterocycles. The van der Waals surface area contributed by atoms with Crippen molar-refractivity contribution in [2.24, 2.45) is 4.88 Å². The molecule has 8 nitrogen and oxygen atoms in total. The molecule has 0 saturated heterocycles. The Kier molecular flexibility index (Phi) is 5.36. The van der Waals surface area contributed by atoms with Crippen LogP contribution in [0.4, 0.5) is 0 Å². The summed E-state index contributed by atoms with van der Waals surface area (Å²) in [6, 6.07) is 12.7. The second-order valence-electron chi connectivity index (χ2n) is 4.19. The van der Waals surface area contributed by atoms with Gasteiger partial charge in [-0.1, -0.05) is 12.1 Å². The lowest BCUT2D eigenvalue weighted by atomic mass is 10.3. The third kappa shape index (κ3) is 4.57. The molecule has 9 heteroatoms. The van der Waals surface area contributed by atoms with Gasteiger partial charge in [-0.05, 0) is 29.8 Å². The Balaban J connectivity index is 2.27. The zero-order chi connectivity index (χ0) is 16.7. The average molecular weight is 335 g/mol. The SMILES string of the molecule is COc1cccc(OP(=O)(N=[N+]=[N-])Oc2cccc(OC)c2)c1. The first-order chi connectivity index (χ1) is 11.1. The van der Waals surface area contributed by atoms with Crippen LogP contribution in [-0.2, 0) is 4.57 Å². The van der Waals surface area contributed by atoms with Crippen molar-refractivity contribution in [3.05, 3.63) is 59.0 Å². The van der Waals surface area contributed by atoms with Gasteiger partial charge in [0, 0.05) is 21.9 Å². The van der Waals surface area contributed by atoms with E-state index in [1.54, 1.807) is 24.3 Å². The fourth-order valence-corrected chi connectivity index (χ4v) is 2.65. The van der Waals surface area contributed by atoms with Crippen LogP contribution < -0.4 is 18.5 Å². The molecular formula is C14H14N3O5P. The molecule has 0 spiro atoms. The first-order valence-electron chi connectivity index (χ1n) is 6.42. The zero-order valence-electron chi connectivity index (χ0n) is 12.4. The monoisotopic (exact) mass is 335 g/mol. The van der Waals surface area contributed by atoms with Crippen LogP contribution in [0.15, 0.2) is 53.4 Å². The zero-order valence-corrected chi connectivity index (χ0v) is 13.3. The molecule has 23 heavy (non-hydrogen) atoms. The smallest absolute Gasteiger partial charge is 0.497 e. The molecule has 0 fully saturated rings. The summed E-state index contributed by atoms with van der Waals surface area (Å²) < 4.78 is 33.2. The van der Waals surface area contributed by atoms with Crippen LogP contribution in [0.5, 0.6) is 23.0 Å². The van der Waals surface area contributed by atoms with Gasteiger partial charge in [-0.25, -0.2) is 4.57 Å². The van der Waals surface area contributed by atoms with Gasteiger partial charge < -0.3 is 18.5 Å². The molecule has 2 aromatic carbocycles. The van der Waals surface area contributed by atoms with E-state index < -0.39 is 7.75 Å². The number of ether oxygens (including phenoxy) is 2. The van der Waals surface area contributed by atoms with Crippen LogP contribution >= 0.6 is 7.75 Å². The maximum absolute atomic E-state index is 12.6. The third-order valence-electron chi connectivity index (χ3n) is 2.67. The number of methoxy groups -OCH3 is 2. The van der Waals surface area contributed by atoms with Crippen molar-refractivity contribution >= 4 is 7.75 Å². The van der Waals surface area contributed by atoms with E-state index in [1.165, 1.54) is 38.5 Å². The minimum Gasteiger partial charge on any atom is -0.497 e. The van der Waals surface area contributed by atoms with E-state index in [4.69, 9.17) is 24.1 Å². The van der Waals surface area contributed by atoms with E-state index in [1.807, 2.05) is 0 Å². The molecule has 120 valence electrons. The summed E-state index contributed by atoms with van der Waals surface area (Å²) in [7, 11) is -1.16. The Bertz CT molecular complexity index is 723. The van der Waals surface area contributed by atoms with Gasteiger partial charge in [0.1, 0.15) is 23.0 Å². The van der Waals surface area contributed by atoms with Gasteiger partial charge in [-0.15, -0.1) is 0 Å². The first kappa shape index (κ1) is 16.5. The molecule has 0 atom stereocenters. The summed E-state index contributed by atoms with van der Waals surface area (Å²) in [5.41, 5.74) is 8.64. The highest BCUT2D eigenvalue weighted by Crippen LogP contribution is 2.50. The molecule has 2 aromatic rings. The van der Waals surface area contributed by atoms with Crippen LogP contribution in [-0.4, -0.2) is 14.2 Å².